The molecule has 4 rings (SSSR count). The number of pyridine rings is 1. The lowest BCUT2D eigenvalue weighted by molar-refractivity contribution is -0.129. The van der Waals surface area contributed by atoms with Gasteiger partial charge in [-0.25, -0.2) is 4.79 Å². The standard InChI is InChI=1S/C22H25N7O2S/c1-2-29-20(17-8-10-23-11-9-17)25-26-22(29)32-16-19(30)27-12-14-28(15-13-27)21(31)24-18-6-4-3-5-7-18/h3-11H,2,12-16H2,1H3,(H,24,31). The SMILES string of the molecule is CCn1c(SCC(=O)N2CCN(C(=O)Nc3ccccc3)CC2)nnc1-c1ccncc1. The summed E-state index contributed by atoms with van der Waals surface area (Å²) in [5.41, 5.74) is 1.70. The Hall–Kier alpha value is -3.40. The van der Waals surface area contributed by atoms with Crippen molar-refractivity contribution in [1.29, 1.82) is 0 Å². The molecule has 32 heavy (non-hydrogen) atoms. The molecular formula is C22H25N7O2S. The summed E-state index contributed by atoms with van der Waals surface area (Å²) >= 11 is 1.39. The van der Waals surface area contributed by atoms with Crippen molar-refractivity contribution in [1.82, 2.24) is 29.5 Å². The first-order valence-corrected chi connectivity index (χ1v) is 11.5. The van der Waals surface area contributed by atoms with Gasteiger partial charge in [0.05, 0.1) is 5.75 Å². The normalized spacial score (nSPS) is 13.8. The molecule has 9 nitrogen and oxygen atoms in total. The lowest BCUT2D eigenvalue weighted by Gasteiger charge is -2.34. The van der Waals surface area contributed by atoms with E-state index in [-0.39, 0.29) is 17.7 Å². The van der Waals surface area contributed by atoms with Gasteiger partial charge >= 0.3 is 6.03 Å². The molecular weight excluding hydrogens is 426 g/mol. The zero-order valence-electron chi connectivity index (χ0n) is 17.8. The quantitative estimate of drug-likeness (QED) is 0.579. The highest BCUT2D eigenvalue weighted by atomic mass is 32.2. The maximum atomic E-state index is 12.7. The van der Waals surface area contributed by atoms with E-state index in [1.165, 1.54) is 11.8 Å². The molecule has 0 bridgehead atoms. The van der Waals surface area contributed by atoms with Gasteiger partial charge in [-0.1, -0.05) is 30.0 Å². The van der Waals surface area contributed by atoms with Gasteiger partial charge in [0, 0.05) is 56.4 Å². The number of aromatic nitrogens is 4. The molecule has 1 fully saturated rings. The summed E-state index contributed by atoms with van der Waals surface area (Å²) in [7, 11) is 0. The summed E-state index contributed by atoms with van der Waals surface area (Å²) in [6.45, 7) is 4.78. The number of thioether (sulfide) groups is 1. The number of urea groups is 1. The zero-order chi connectivity index (χ0) is 22.3. The third-order valence-corrected chi connectivity index (χ3v) is 6.19. The Morgan fingerprint density at radius 1 is 0.969 bits per heavy atom. The minimum absolute atomic E-state index is 0.0363. The molecule has 3 heterocycles. The third-order valence-electron chi connectivity index (χ3n) is 5.24. The van der Waals surface area contributed by atoms with Gasteiger partial charge in [0.25, 0.3) is 0 Å². The van der Waals surface area contributed by atoms with Crippen LogP contribution in [0.15, 0.2) is 60.0 Å². The average Bonchev–Trinajstić information content (AvgIpc) is 3.26. The molecule has 10 heteroatoms. The monoisotopic (exact) mass is 451 g/mol. The molecule has 1 aromatic carbocycles. The van der Waals surface area contributed by atoms with Crippen molar-refractivity contribution >= 4 is 29.4 Å². The van der Waals surface area contributed by atoms with E-state index in [0.717, 1.165) is 17.1 Å². The fourth-order valence-corrected chi connectivity index (χ4v) is 4.40. The summed E-state index contributed by atoms with van der Waals surface area (Å²) in [4.78, 5) is 32.7. The van der Waals surface area contributed by atoms with Gasteiger partial charge in [-0.3, -0.25) is 9.78 Å². The molecule has 3 amide bonds. The van der Waals surface area contributed by atoms with Crippen molar-refractivity contribution in [3.8, 4) is 11.4 Å². The lowest BCUT2D eigenvalue weighted by Crippen LogP contribution is -2.52. The number of piperazine rings is 1. The maximum absolute atomic E-state index is 12.7. The number of amides is 3. The Balaban J connectivity index is 1.28. The Labute approximate surface area is 190 Å². The van der Waals surface area contributed by atoms with Crippen LogP contribution >= 0.6 is 11.8 Å². The molecule has 166 valence electrons. The Kier molecular flexibility index (Phi) is 7.00. The molecule has 0 atom stereocenters. The van der Waals surface area contributed by atoms with Crippen molar-refractivity contribution in [3.63, 3.8) is 0 Å². The fourth-order valence-electron chi connectivity index (χ4n) is 3.50. The first kappa shape index (κ1) is 21.8. The van der Waals surface area contributed by atoms with Crippen LogP contribution in [0.3, 0.4) is 0 Å². The number of hydrogen-bond acceptors (Lipinski definition) is 6. The zero-order valence-corrected chi connectivity index (χ0v) is 18.7. The van der Waals surface area contributed by atoms with Crippen LogP contribution < -0.4 is 5.32 Å². The fraction of sp³-hybridized carbons (Fsp3) is 0.318. The van der Waals surface area contributed by atoms with Crippen LogP contribution in [0.5, 0.6) is 0 Å². The van der Waals surface area contributed by atoms with Crippen LogP contribution in [0.2, 0.25) is 0 Å². The van der Waals surface area contributed by atoms with Crippen LogP contribution in [-0.2, 0) is 11.3 Å². The number of anilines is 1. The van der Waals surface area contributed by atoms with E-state index in [2.05, 4.69) is 20.5 Å². The second-order valence-corrected chi connectivity index (χ2v) is 8.18. The first-order chi connectivity index (χ1) is 15.7. The van der Waals surface area contributed by atoms with Gasteiger partial charge < -0.3 is 19.7 Å². The molecule has 1 aliphatic heterocycles. The summed E-state index contributed by atoms with van der Waals surface area (Å²) in [5.74, 6) is 1.09. The largest absolute Gasteiger partial charge is 0.338 e. The molecule has 0 unspecified atom stereocenters. The van der Waals surface area contributed by atoms with E-state index in [9.17, 15) is 9.59 Å². The topological polar surface area (TPSA) is 96.2 Å². The third kappa shape index (κ3) is 5.08. The molecule has 1 aliphatic rings. The lowest BCUT2D eigenvalue weighted by atomic mass is 10.2. The second-order valence-electron chi connectivity index (χ2n) is 7.24. The van der Waals surface area contributed by atoms with Crippen LogP contribution in [0.1, 0.15) is 6.92 Å². The van der Waals surface area contributed by atoms with E-state index in [0.29, 0.717) is 37.9 Å². The van der Waals surface area contributed by atoms with E-state index in [1.807, 2.05) is 54.0 Å². The Morgan fingerprint density at radius 3 is 2.34 bits per heavy atom. The highest BCUT2D eigenvalue weighted by Crippen LogP contribution is 2.24. The highest BCUT2D eigenvalue weighted by Gasteiger charge is 2.25. The summed E-state index contributed by atoms with van der Waals surface area (Å²) in [5, 5.41) is 12.2. The van der Waals surface area contributed by atoms with E-state index in [1.54, 1.807) is 22.2 Å². The van der Waals surface area contributed by atoms with Gasteiger partial charge in [-0.05, 0) is 31.2 Å². The number of rotatable bonds is 6. The molecule has 2 aromatic heterocycles. The van der Waals surface area contributed by atoms with Gasteiger partial charge in [-0.2, -0.15) is 0 Å². The van der Waals surface area contributed by atoms with E-state index in [4.69, 9.17) is 0 Å². The number of carbonyl (C=O) groups excluding carboxylic acids is 2. The number of nitrogens with one attached hydrogen (secondary N) is 1. The van der Waals surface area contributed by atoms with Crippen molar-refractivity contribution in [2.45, 2.75) is 18.6 Å². The number of nitrogens with zero attached hydrogens (tertiary/aromatic N) is 6. The molecule has 0 spiro atoms. The number of benzene rings is 1. The first-order valence-electron chi connectivity index (χ1n) is 10.5. The number of hydrogen-bond donors (Lipinski definition) is 1. The summed E-state index contributed by atoms with van der Waals surface area (Å²) < 4.78 is 2.00. The molecule has 1 N–H and O–H groups in total. The highest BCUT2D eigenvalue weighted by molar-refractivity contribution is 7.99. The van der Waals surface area contributed by atoms with Gasteiger partial charge in [-0.15, -0.1) is 10.2 Å². The van der Waals surface area contributed by atoms with E-state index >= 15 is 0 Å². The minimum atomic E-state index is -0.141. The number of para-hydroxylation sites is 1. The molecule has 0 radical (unpaired) electrons. The Bertz CT molecular complexity index is 1050. The summed E-state index contributed by atoms with van der Waals surface area (Å²) in [6, 6.07) is 13.0. The molecule has 3 aromatic rings. The van der Waals surface area contributed by atoms with Crippen molar-refractivity contribution in [2.75, 3.05) is 37.2 Å². The van der Waals surface area contributed by atoms with Crippen molar-refractivity contribution in [2.24, 2.45) is 0 Å². The second kappa shape index (κ2) is 10.3. The van der Waals surface area contributed by atoms with Gasteiger partial charge in [0.15, 0.2) is 11.0 Å². The predicted octanol–water partition coefficient (Wildman–Crippen LogP) is 2.83. The van der Waals surface area contributed by atoms with Crippen molar-refractivity contribution < 1.29 is 9.59 Å². The molecule has 1 saturated heterocycles. The minimum Gasteiger partial charge on any atom is -0.338 e. The summed E-state index contributed by atoms with van der Waals surface area (Å²) in [6.07, 6.45) is 3.44. The van der Waals surface area contributed by atoms with Crippen LogP contribution in [0.4, 0.5) is 10.5 Å². The van der Waals surface area contributed by atoms with Crippen LogP contribution in [0, 0.1) is 0 Å². The van der Waals surface area contributed by atoms with Gasteiger partial charge in [0.1, 0.15) is 0 Å². The molecule has 0 saturated carbocycles. The van der Waals surface area contributed by atoms with Crippen molar-refractivity contribution in [3.05, 3.63) is 54.9 Å². The number of carbonyl (C=O) groups is 2. The van der Waals surface area contributed by atoms with E-state index < -0.39 is 0 Å². The average molecular weight is 452 g/mol. The maximum Gasteiger partial charge on any atom is 0.321 e. The van der Waals surface area contributed by atoms with Crippen LogP contribution in [-0.4, -0.2) is 73.4 Å². The Morgan fingerprint density at radius 2 is 1.66 bits per heavy atom. The molecule has 0 aliphatic carbocycles. The van der Waals surface area contributed by atoms with Gasteiger partial charge in [0.2, 0.25) is 5.91 Å². The predicted molar refractivity (Wildman–Crippen MR) is 123 cm³/mol. The smallest absolute Gasteiger partial charge is 0.321 e. The van der Waals surface area contributed by atoms with Crippen LogP contribution in [0.25, 0.3) is 11.4 Å².